The van der Waals surface area contributed by atoms with Crippen molar-refractivity contribution in [1.82, 2.24) is 24.9 Å². The van der Waals surface area contributed by atoms with Crippen molar-refractivity contribution in [3.63, 3.8) is 0 Å². The number of rotatable bonds is 3. The monoisotopic (exact) mass is 425 g/mol. The third-order valence-corrected chi connectivity index (χ3v) is 6.37. The molecule has 0 radical (unpaired) electrons. The second-order valence-electron chi connectivity index (χ2n) is 8.44. The zero-order valence-corrected chi connectivity index (χ0v) is 18.2. The van der Waals surface area contributed by atoms with E-state index in [0.717, 1.165) is 5.56 Å². The van der Waals surface area contributed by atoms with Gasteiger partial charge in [-0.1, -0.05) is 6.07 Å². The summed E-state index contributed by atoms with van der Waals surface area (Å²) >= 11 is 0. The summed E-state index contributed by atoms with van der Waals surface area (Å²) in [5, 5.41) is 7.21. The number of likely N-dealkylation sites (tertiary alicyclic amines) is 1. The van der Waals surface area contributed by atoms with Gasteiger partial charge in [-0.2, -0.15) is 5.10 Å². The van der Waals surface area contributed by atoms with E-state index < -0.39 is 11.5 Å². The second kappa shape index (κ2) is 7.72. The number of amides is 3. The highest BCUT2D eigenvalue weighted by molar-refractivity contribution is 5.98. The summed E-state index contributed by atoms with van der Waals surface area (Å²) in [4.78, 5) is 42.7. The lowest BCUT2D eigenvalue weighted by Crippen LogP contribution is -2.57. The minimum atomic E-state index is -0.848. The lowest BCUT2D eigenvalue weighted by molar-refractivity contribution is -0.134. The van der Waals surface area contributed by atoms with Crippen molar-refractivity contribution in [2.24, 2.45) is 13.0 Å². The number of methoxy groups -OCH3 is 1. The Balaban J connectivity index is 1.70. The zero-order valence-electron chi connectivity index (χ0n) is 18.2. The van der Waals surface area contributed by atoms with Crippen LogP contribution in [0.2, 0.25) is 0 Å². The van der Waals surface area contributed by atoms with E-state index in [1.807, 2.05) is 12.1 Å². The highest BCUT2D eigenvalue weighted by Crippen LogP contribution is 2.37. The molecule has 3 amide bonds. The fourth-order valence-corrected chi connectivity index (χ4v) is 4.64. The Bertz CT molecular complexity index is 1050. The van der Waals surface area contributed by atoms with Crippen LogP contribution in [0.5, 0.6) is 5.75 Å². The molecule has 31 heavy (non-hydrogen) atoms. The molecule has 3 heterocycles. The number of nitrogens with zero attached hydrogens (tertiary/aromatic N) is 4. The molecule has 1 aromatic carbocycles. The number of aryl methyl sites for hydroxylation is 2. The SMILES string of the molecule is COc1ccc2c(c1)C(=O)N[C@@]1(CC2)CN(C(=O)c2ccnn2C)C[C@@H]1C(=O)N(C)C. The van der Waals surface area contributed by atoms with Crippen LogP contribution in [0.1, 0.15) is 32.8 Å². The number of hydrogen-bond acceptors (Lipinski definition) is 5. The number of hydrogen-bond donors (Lipinski definition) is 1. The first-order chi connectivity index (χ1) is 14.8. The van der Waals surface area contributed by atoms with E-state index in [4.69, 9.17) is 4.74 Å². The summed E-state index contributed by atoms with van der Waals surface area (Å²) in [6.07, 6.45) is 2.74. The molecule has 0 bridgehead atoms. The lowest BCUT2D eigenvalue weighted by atomic mass is 9.81. The van der Waals surface area contributed by atoms with Crippen molar-refractivity contribution in [3.8, 4) is 5.75 Å². The Morgan fingerprint density at radius 2 is 2.06 bits per heavy atom. The minimum Gasteiger partial charge on any atom is -0.497 e. The highest BCUT2D eigenvalue weighted by Gasteiger charge is 2.53. The molecule has 0 saturated carbocycles. The van der Waals surface area contributed by atoms with Crippen molar-refractivity contribution < 1.29 is 19.1 Å². The number of aromatic nitrogens is 2. The topological polar surface area (TPSA) is 96.8 Å². The molecule has 9 nitrogen and oxygen atoms in total. The van der Waals surface area contributed by atoms with Crippen LogP contribution in [0.4, 0.5) is 0 Å². The number of carbonyl (C=O) groups excluding carboxylic acids is 3. The van der Waals surface area contributed by atoms with Gasteiger partial charge in [0.1, 0.15) is 11.4 Å². The molecule has 164 valence electrons. The van der Waals surface area contributed by atoms with Crippen LogP contribution in [0.15, 0.2) is 30.5 Å². The molecule has 1 aromatic heterocycles. The van der Waals surface area contributed by atoms with Gasteiger partial charge in [-0.05, 0) is 36.6 Å². The average Bonchev–Trinajstić information content (AvgIpc) is 3.31. The van der Waals surface area contributed by atoms with Gasteiger partial charge in [0.05, 0.1) is 18.6 Å². The molecule has 0 unspecified atom stereocenters. The van der Waals surface area contributed by atoms with E-state index in [1.54, 1.807) is 51.5 Å². The van der Waals surface area contributed by atoms with Crippen LogP contribution in [0, 0.1) is 5.92 Å². The maximum Gasteiger partial charge on any atom is 0.272 e. The molecule has 9 heteroatoms. The van der Waals surface area contributed by atoms with Crippen LogP contribution in [-0.2, 0) is 18.3 Å². The standard InChI is InChI=1S/C22H27N5O4/c1-25(2)20(29)17-12-27(21(30)18-8-10-23-26(18)3)13-22(17)9-7-14-5-6-15(31-4)11-16(14)19(28)24-22/h5-6,8,10-11,17H,7,9,12-13H2,1-4H3,(H,24,28)/t17-,22+/m1/s1. The van der Waals surface area contributed by atoms with Gasteiger partial charge in [-0.25, -0.2) is 0 Å². The third kappa shape index (κ3) is 3.54. The summed E-state index contributed by atoms with van der Waals surface area (Å²) in [7, 11) is 6.65. The summed E-state index contributed by atoms with van der Waals surface area (Å²) in [5.41, 5.74) is 1.05. The quantitative estimate of drug-likeness (QED) is 0.781. The van der Waals surface area contributed by atoms with Crippen molar-refractivity contribution in [1.29, 1.82) is 0 Å². The summed E-state index contributed by atoms with van der Waals surface area (Å²) < 4.78 is 6.79. The van der Waals surface area contributed by atoms with Crippen LogP contribution in [-0.4, -0.2) is 77.1 Å². The molecular formula is C22H27N5O4. The van der Waals surface area contributed by atoms with E-state index >= 15 is 0 Å². The van der Waals surface area contributed by atoms with Gasteiger partial charge >= 0.3 is 0 Å². The predicted octanol–water partition coefficient (Wildman–Crippen LogP) is 0.704. The van der Waals surface area contributed by atoms with Crippen molar-refractivity contribution in [3.05, 3.63) is 47.3 Å². The predicted molar refractivity (Wildman–Crippen MR) is 113 cm³/mol. The van der Waals surface area contributed by atoms with Crippen LogP contribution >= 0.6 is 0 Å². The maximum atomic E-state index is 13.2. The Kier molecular flexibility index (Phi) is 5.20. The number of ether oxygens (including phenoxy) is 1. The molecule has 2 aliphatic heterocycles. The van der Waals surface area contributed by atoms with Gasteiger partial charge in [-0.15, -0.1) is 0 Å². The Labute approximate surface area is 180 Å². The second-order valence-corrected chi connectivity index (χ2v) is 8.44. The lowest BCUT2D eigenvalue weighted by Gasteiger charge is -2.34. The van der Waals surface area contributed by atoms with Crippen LogP contribution < -0.4 is 10.1 Å². The number of benzene rings is 1. The normalized spacial score (nSPS) is 22.6. The molecule has 4 rings (SSSR count). The largest absolute Gasteiger partial charge is 0.497 e. The summed E-state index contributed by atoms with van der Waals surface area (Å²) in [5.74, 6) is -0.502. The third-order valence-electron chi connectivity index (χ3n) is 6.37. The molecule has 2 aliphatic rings. The van der Waals surface area contributed by atoms with Crippen LogP contribution in [0.3, 0.4) is 0 Å². The van der Waals surface area contributed by atoms with Gasteiger partial charge in [0.25, 0.3) is 11.8 Å². The van der Waals surface area contributed by atoms with E-state index in [1.165, 1.54) is 9.58 Å². The molecule has 1 N–H and O–H groups in total. The fourth-order valence-electron chi connectivity index (χ4n) is 4.64. The Morgan fingerprint density at radius 1 is 1.29 bits per heavy atom. The van der Waals surface area contributed by atoms with Crippen molar-refractivity contribution in [2.75, 3.05) is 34.3 Å². The Morgan fingerprint density at radius 3 is 2.71 bits per heavy atom. The van der Waals surface area contributed by atoms with Gasteiger partial charge < -0.3 is 19.9 Å². The van der Waals surface area contributed by atoms with Crippen LogP contribution in [0.25, 0.3) is 0 Å². The average molecular weight is 425 g/mol. The fraction of sp³-hybridized carbons (Fsp3) is 0.455. The number of nitrogens with one attached hydrogen (secondary N) is 1. The van der Waals surface area contributed by atoms with E-state index in [2.05, 4.69) is 10.4 Å². The summed E-state index contributed by atoms with van der Waals surface area (Å²) in [6.45, 7) is 0.499. The maximum absolute atomic E-state index is 13.2. The van der Waals surface area contributed by atoms with Crippen molar-refractivity contribution >= 4 is 17.7 Å². The molecule has 2 atom stereocenters. The molecule has 1 spiro atoms. The summed E-state index contributed by atoms with van der Waals surface area (Å²) in [6, 6.07) is 7.10. The van der Waals surface area contributed by atoms with E-state index in [-0.39, 0.29) is 30.8 Å². The van der Waals surface area contributed by atoms with Gasteiger partial charge in [0, 0.05) is 46.0 Å². The zero-order chi connectivity index (χ0) is 22.3. The number of carbonyl (C=O) groups is 3. The molecule has 1 saturated heterocycles. The van der Waals surface area contributed by atoms with Gasteiger partial charge in [-0.3, -0.25) is 19.1 Å². The number of fused-ring (bicyclic) bond motifs is 1. The van der Waals surface area contributed by atoms with Crippen molar-refractivity contribution in [2.45, 2.75) is 18.4 Å². The molecule has 2 aromatic rings. The first kappa shape index (κ1) is 20.9. The smallest absolute Gasteiger partial charge is 0.272 e. The molecule has 1 fully saturated rings. The Hall–Kier alpha value is -3.36. The first-order valence-electron chi connectivity index (χ1n) is 10.2. The van der Waals surface area contributed by atoms with E-state index in [0.29, 0.717) is 29.8 Å². The minimum absolute atomic E-state index is 0.107. The molecular weight excluding hydrogens is 398 g/mol. The van der Waals surface area contributed by atoms with Gasteiger partial charge in [0.15, 0.2) is 0 Å². The first-order valence-corrected chi connectivity index (χ1v) is 10.2. The van der Waals surface area contributed by atoms with E-state index in [9.17, 15) is 14.4 Å². The van der Waals surface area contributed by atoms with Gasteiger partial charge in [0.2, 0.25) is 5.91 Å². The molecule has 0 aliphatic carbocycles. The highest BCUT2D eigenvalue weighted by atomic mass is 16.5.